The highest BCUT2D eigenvalue weighted by Gasteiger charge is 2.23. The molecule has 0 radical (unpaired) electrons. The Bertz CT molecular complexity index is 1060. The quantitative estimate of drug-likeness (QED) is 0.604. The average Bonchev–Trinajstić information content (AvgIpc) is 3.37. The van der Waals surface area contributed by atoms with Crippen LogP contribution in [0.2, 0.25) is 0 Å². The van der Waals surface area contributed by atoms with Gasteiger partial charge >= 0.3 is 5.97 Å². The van der Waals surface area contributed by atoms with Crippen LogP contribution in [0.4, 0.5) is 0 Å². The summed E-state index contributed by atoms with van der Waals surface area (Å²) in [5.41, 5.74) is 1.09. The Morgan fingerprint density at radius 3 is 2.96 bits per heavy atom. The lowest BCUT2D eigenvalue weighted by Gasteiger charge is -2.11. The highest BCUT2D eigenvalue weighted by atomic mass is 32.1. The van der Waals surface area contributed by atoms with Crippen molar-refractivity contribution in [3.63, 3.8) is 0 Å². The third kappa shape index (κ3) is 3.19. The molecule has 4 rings (SSSR count). The number of aryl methyl sites for hydroxylation is 2. The number of hydrogen-bond donors (Lipinski definition) is 0. The fourth-order valence-electron chi connectivity index (χ4n) is 3.50. The number of thiophene rings is 1. The smallest absolute Gasteiger partial charge is 0.373 e. The normalized spacial score (nSPS) is 13.3. The molecule has 7 nitrogen and oxygen atoms in total. The lowest BCUT2D eigenvalue weighted by Crippen LogP contribution is -2.26. The van der Waals surface area contributed by atoms with Crippen LogP contribution >= 0.6 is 11.3 Å². The molecule has 8 heteroatoms. The Morgan fingerprint density at radius 2 is 2.19 bits per heavy atom. The van der Waals surface area contributed by atoms with E-state index in [1.165, 1.54) is 12.0 Å². The SMILES string of the molecule is COCCc1nc2sc3c(c2c(=O)n1Cc1ccc(C(=O)OC)o1)CCC3. The van der Waals surface area contributed by atoms with Gasteiger partial charge in [-0.1, -0.05) is 0 Å². The highest BCUT2D eigenvalue weighted by molar-refractivity contribution is 7.18. The summed E-state index contributed by atoms with van der Waals surface area (Å²) in [5.74, 6) is 0.733. The van der Waals surface area contributed by atoms with Gasteiger partial charge in [0, 0.05) is 18.4 Å². The van der Waals surface area contributed by atoms with Crippen LogP contribution in [0, 0.1) is 0 Å². The van der Waals surface area contributed by atoms with Crippen LogP contribution in [0.15, 0.2) is 21.3 Å². The summed E-state index contributed by atoms with van der Waals surface area (Å²) in [6, 6.07) is 3.23. The largest absolute Gasteiger partial charge is 0.463 e. The zero-order chi connectivity index (χ0) is 19.0. The van der Waals surface area contributed by atoms with Gasteiger partial charge in [0.1, 0.15) is 16.4 Å². The first-order valence-corrected chi connectivity index (χ1v) is 9.64. The van der Waals surface area contributed by atoms with Crippen molar-refractivity contribution >= 4 is 27.5 Å². The molecule has 0 aliphatic heterocycles. The van der Waals surface area contributed by atoms with Crippen molar-refractivity contribution in [2.75, 3.05) is 20.8 Å². The second kappa shape index (κ2) is 7.28. The number of carbonyl (C=O) groups excluding carboxylic acids is 1. The molecular formula is C19H20N2O5S. The summed E-state index contributed by atoms with van der Waals surface area (Å²) in [6.45, 7) is 0.678. The first kappa shape index (κ1) is 17.9. The second-order valence-corrected chi connectivity index (χ2v) is 7.54. The Labute approximate surface area is 159 Å². The molecule has 142 valence electrons. The van der Waals surface area contributed by atoms with Crippen molar-refractivity contribution < 1.29 is 18.7 Å². The molecule has 0 bridgehead atoms. The molecule has 3 heterocycles. The van der Waals surface area contributed by atoms with E-state index in [2.05, 4.69) is 4.74 Å². The Hall–Kier alpha value is -2.45. The van der Waals surface area contributed by atoms with Crippen LogP contribution in [-0.2, 0) is 35.3 Å². The van der Waals surface area contributed by atoms with E-state index in [9.17, 15) is 9.59 Å². The summed E-state index contributed by atoms with van der Waals surface area (Å²) in [7, 11) is 2.92. The van der Waals surface area contributed by atoms with Crippen LogP contribution in [0.1, 0.15) is 39.0 Å². The lowest BCUT2D eigenvalue weighted by molar-refractivity contribution is 0.0563. The van der Waals surface area contributed by atoms with Gasteiger partial charge in [0.25, 0.3) is 5.56 Å². The zero-order valence-corrected chi connectivity index (χ0v) is 16.1. The number of furan rings is 1. The van der Waals surface area contributed by atoms with Crippen molar-refractivity contribution in [3.05, 3.63) is 50.3 Å². The molecule has 0 fully saturated rings. The van der Waals surface area contributed by atoms with Crippen molar-refractivity contribution in [2.24, 2.45) is 0 Å². The molecule has 0 spiro atoms. The van der Waals surface area contributed by atoms with Gasteiger partial charge in [-0.05, 0) is 37.0 Å². The van der Waals surface area contributed by atoms with Gasteiger partial charge in [0.2, 0.25) is 5.76 Å². The van der Waals surface area contributed by atoms with Crippen LogP contribution in [0.5, 0.6) is 0 Å². The van der Waals surface area contributed by atoms with E-state index in [4.69, 9.17) is 14.1 Å². The van der Waals surface area contributed by atoms with Crippen LogP contribution in [0.25, 0.3) is 10.2 Å². The zero-order valence-electron chi connectivity index (χ0n) is 15.2. The first-order chi connectivity index (χ1) is 13.1. The molecule has 0 saturated heterocycles. The minimum absolute atomic E-state index is 0.0541. The van der Waals surface area contributed by atoms with E-state index in [0.29, 0.717) is 24.6 Å². The topological polar surface area (TPSA) is 83.6 Å². The van der Waals surface area contributed by atoms with Crippen molar-refractivity contribution in [2.45, 2.75) is 32.2 Å². The number of hydrogen-bond acceptors (Lipinski definition) is 7. The van der Waals surface area contributed by atoms with Crippen LogP contribution < -0.4 is 5.56 Å². The summed E-state index contributed by atoms with van der Waals surface area (Å²) < 4.78 is 17.0. The molecular weight excluding hydrogens is 368 g/mol. The Morgan fingerprint density at radius 1 is 1.33 bits per heavy atom. The molecule has 27 heavy (non-hydrogen) atoms. The molecule has 1 aliphatic rings. The molecule has 3 aromatic heterocycles. The minimum atomic E-state index is -0.544. The van der Waals surface area contributed by atoms with E-state index in [-0.39, 0.29) is 17.9 Å². The summed E-state index contributed by atoms with van der Waals surface area (Å²) in [6.07, 6.45) is 3.55. The van der Waals surface area contributed by atoms with Gasteiger partial charge < -0.3 is 13.9 Å². The number of aromatic nitrogens is 2. The molecule has 0 aromatic carbocycles. The Balaban J connectivity index is 1.79. The van der Waals surface area contributed by atoms with Gasteiger partial charge in [-0.2, -0.15) is 0 Å². The maximum Gasteiger partial charge on any atom is 0.373 e. The number of fused-ring (bicyclic) bond motifs is 3. The summed E-state index contributed by atoms with van der Waals surface area (Å²) >= 11 is 1.62. The highest BCUT2D eigenvalue weighted by Crippen LogP contribution is 2.34. The molecule has 3 aromatic rings. The fourth-order valence-corrected chi connectivity index (χ4v) is 4.77. The standard InChI is InChI=1S/C19H20N2O5S/c1-24-9-8-15-20-17-16(12-4-3-5-14(12)27-17)18(22)21(15)10-11-6-7-13(26-11)19(23)25-2/h6-7H,3-5,8-10H2,1-2H3. The predicted octanol–water partition coefficient (Wildman–Crippen LogP) is 2.56. The number of carbonyl (C=O) groups is 1. The third-order valence-corrected chi connectivity index (χ3v) is 5.98. The van der Waals surface area contributed by atoms with Gasteiger partial charge in [-0.15, -0.1) is 11.3 Å². The summed E-state index contributed by atoms with van der Waals surface area (Å²) in [5, 5.41) is 0.730. The van der Waals surface area contributed by atoms with E-state index in [0.717, 1.165) is 35.0 Å². The molecule has 0 atom stereocenters. The Kier molecular flexibility index (Phi) is 4.84. The fraction of sp³-hybridized carbons (Fsp3) is 0.421. The van der Waals surface area contributed by atoms with Gasteiger partial charge in [-0.3, -0.25) is 9.36 Å². The second-order valence-electron chi connectivity index (χ2n) is 6.46. The molecule has 0 unspecified atom stereocenters. The average molecular weight is 388 g/mol. The number of rotatable bonds is 6. The minimum Gasteiger partial charge on any atom is -0.463 e. The van der Waals surface area contributed by atoms with Crippen LogP contribution in [0.3, 0.4) is 0 Å². The molecule has 0 N–H and O–H groups in total. The van der Waals surface area contributed by atoms with E-state index in [1.54, 1.807) is 35.1 Å². The van der Waals surface area contributed by atoms with Gasteiger partial charge in [0.15, 0.2) is 0 Å². The van der Waals surface area contributed by atoms with E-state index < -0.39 is 5.97 Å². The maximum absolute atomic E-state index is 13.3. The number of methoxy groups -OCH3 is 2. The van der Waals surface area contributed by atoms with Crippen molar-refractivity contribution in [1.29, 1.82) is 0 Å². The number of nitrogens with zero attached hydrogens (tertiary/aromatic N) is 2. The monoisotopic (exact) mass is 388 g/mol. The van der Waals surface area contributed by atoms with Crippen LogP contribution in [-0.4, -0.2) is 36.3 Å². The van der Waals surface area contributed by atoms with Crippen molar-refractivity contribution in [3.8, 4) is 0 Å². The molecule has 1 aliphatic carbocycles. The maximum atomic E-state index is 13.3. The molecule has 0 amide bonds. The van der Waals surface area contributed by atoms with Gasteiger partial charge in [-0.25, -0.2) is 9.78 Å². The lowest BCUT2D eigenvalue weighted by atomic mass is 10.2. The number of esters is 1. The van der Waals surface area contributed by atoms with Crippen molar-refractivity contribution in [1.82, 2.24) is 9.55 Å². The third-order valence-electron chi connectivity index (χ3n) is 4.80. The van der Waals surface area contributed by atoms with Gasteiger partial charge in [0.05, 0.1) is 25.6 Å². The van der Waals surface area contributed by atoms with E-state index >= 15 is 0 Å². The van der Waals surface area contributed by atoms with E-state index in [1.807, 2.05) is 0 Å². The predicted molar refractivity (Wildman–Crippen MR) is 101 cm³/mol. The number of ether oxygens (including phenoxy) is 2. The first-order valence-electron chi connectivity index (χ1n) is 8.82. The molecule has 0 saturated carbocycles. The summed E-state index contributed by atoms with van der Waals surface area (Å²) in [4.78, 5) is 31.7.